The minimum absolute atomic E-state index is 0.132. The number of benzene rings is 3. The second-order valence-corrected chi connectivity index (χ2v) is 16.9. The summed E-state index contributed by atoms with van der Waals surface area (Å²) in [6.45, 7) is 8.43. The number of nitrogens with zero attached hydrogens (tertiary/aromatic N) is 4. The highest BCUT2D eigenvalue weighted by atomic mass is 35.5. The Morgan fingerprint density at radius 2 is 1.58 bits per heavy atom. The fraction of sp³-hybridized carbons (Fsp3) is 0.442. The first-order chi connectivity index (χ1) is 28.6. The van der Waals surface area contributed by atoms with E-state index < -0.39 is 23.8 Å². The summed E-state index contributed by atoms with van der Waals surface area (Å²) in [6.07, 6.45) is 2.62. The van der Waals surface area contributed by atoms with Crippen molar-refractivity contribution in [2.24, 2.45) is 11.8 Å². The number of likely N-dealkylation sites (tertiary alicyclic amines) is 1. The van der Waals surface area contributed by atoms with Crippen molar-refractivity contribution in [3.63, 3.8) is 0 Å². The number of halogens is 1. The molecule has 318 valence electrons. The number of carbonyl (C=O) groups is 5. The number of nitrogens with one attached hydrogen (secondary N) is 5. The van der Waals surface area contributed by atoms with Crippen molar-refractivity contribution in [3.05, 3.63) is 82.4 Å². The molecule has 4 aromatic rings. The number of ether oxygens (including phenoxy) is 1. The number of H-pyrrole nitrogens is 1. The largest absolute Gasteiger partial charge is 0.465 e. The predicted molar refractivity (Wildman–Crippen MR) is 225 cm³/mol. The number of alkyl carbamates (subject to hydrolysis) is 1. The zero-order chi connectivity index (χ0) is 43.0. The normalized spacial score (nSPS) is 17.6. The number of hydrogen-bond acceptors (Lipinski definition) is 9. The molecule has 0 unspecified atom stereocenters. The first kappa shape index (κ1) is 43.5. The lowest BCUT2D eigenvalue weighted by molar-refractivity contribution is -0.130. The molecule has 2 fully saturated rings. The molecule has 1 saturated carbocycles. The number of tetrazole rings is 1. The van der Waals surface area contributed by atoms with Crippen LogP contribution >= 0.6 is 11.6 Å². The number of piperidine rings is 1. The van der Waals surface area contributed by atoms with E-state index in [1.165, 1.54) is 4.90 Å². The van der Waals surface area contributed by atoms with Gasteiger partial charge in [-0.3, -0.25) is 14.4 Å². The van der Waals surface area contributed by atoms with E-state index in [-0.39, 0.29) is 42.0 Å². The first-order valence-electron chi connectivity index (χ1n) is 20.2. The number of anilines is 1. The van der Waals surface area contributed by atoms with Crippen molar-refractivity contribution in [1.82, 2.24) is 41.5 Å². The number of rotatable bonds is 12. The van der Waals surface area contributed by atoms with Crippen LogP contribution in [0.5, 0.6) is 0 Å². The lowest BCUT2D eigenvalue weighted by atomic mass is 9.81. The number of aromatic amines is 1. The van der Waals surface area contributed by atoms with E-state index in [0.29, 0.717) is 78.5 Å². The lowest BCUT2D eigenvalue weighted by Crippen LogP contribution is -2.48. The summed E-state index contributed by atoms with van der Waals surface area (Å²) in [5.74, 6) is -0.486. The average molecular weight is 842 g/mol. The smallest absolute Gasteiger partial charge is 0.407 e. The van der Waals surface area contributed by atoms with E-state index in [1.807, 2.05) is 45.0 Å². The lowest BCUT2D eigenvalue weighted by Gasteiger charge is -2.30. The van der Waals surface area contributed by atoms with E-state index in [0.717, 1.165) is 29.5 Å². The van der Waals surface area contributed by atoms with Gasteiger partial charge in [-0.2, -0.15) is 5.21 Å². The summed E-state index contributed by atoms with van der Waals surface area (Å²) in [5.41, 5.74) is 4.08. The highest BCUT2D eigenvalue weighted by Gasteiger charge is 2.31. The third-order valence-corrected chi connectivity index (χ3v) is 11.5. The Balaban J connectivity index is 1.11. The SMILES string of the molecule is Cc1c(C(=O)NC2CCN(C(=O)O)CC2)ccc(-c2ccc(C[C@H](NC(=O)C3CCC(CNC(=O)OC(C)(C)C)CC3)C(=O)Nc3ccc(-c4nn[nH]n4)cc3)cc2)c1Cl. The minimum Gasteiger partial charge on any atom is -0.465 e. The van der Waals surface area contributed by atoms with Crippen molar-refractivity contribution in [3.8, 4) is 22.5 Å². The summed E-state index contributed by atoms with van der Waals surface area (Å²) in [6, 6.07) is 17.1. The Kier molecular flexibility index (Phi) is 14.0. The van der Waals surface area contributed by atoms with E-state index >= 15 is 0 Å². The van der Waals surface area contributed by atoms with E-state index in [1.54, 1.807) is 43.3 Å². The van der Waals surface area contributed by atoms with Crippen molar-refractivity contribution >= 4 is 47.2 Å². The molecule has 60 heavy (non-hydrogen) atoms. The van der Waals surface area contributed by atoms with Crippen LogP contribution in [0.4, 0.5) is 15.3 Å². The van der Waals surface area contributed by atoms with Crippen LogP contribution in [-0.2, 0) is 20.7 Å². The minimum atomic E-state index is -0.957. The predicted octanol–water partition coefficient (Wildman–Crippen LogP) is 6.36. The summed E-state index contributed by atoms with van der Waals surface area (Å²) in [5, 5.41) is 35.5. The quantitative estimate of drug-likeness (QED) is 0.0926. The van der Waals surface area contributed by atoms with Crippen molar-refractivity contribution < 1.29 is 33.8 Å². The molecule has 1 atom stereocenters. The molecule has 1 saturated heterocycles. The van der Waals surface area contributed by atoms with Gasteiger partial charge in [0.1, 0.15) is 11.6 Å². The van der Waals surface area contributed by atoms with E-state index in [4.69, 9.17) is 16.3 Å². The molecule has 17 heteroatoms. The molecule has 3 aromatic carbocycles. The third kappa shape index (κ3) is 11.6. The van der Waals surface area contributed by atoms with Crippen molar-refractivity contribution in [2.45, 2.75) is 90.3 Å². The van der Waals surface area contributed by atoms with Gasteiger partial charge in [0.05, 0.1) is 5.02 Å². The maximum atomic E-state index is 13.9. The number of amides is 5. The maximum absolute atomic E-state index is 13.9. The molecular weight excluding hydrogens is 790 g/mol. The molecule has 5 amide bonds. The Bertz CT molecular complexity index is 2140. The Hall–Kier alpha value is -6.03. The molecule has 1 aliphatic carbocycles. The molecule has 0 bridgehead atoms. The molecule has 2 aliphatic rings. The zero-order valence-corrected chi connectivity index (χ0v) is 35.0. The van der Waals surface area contributed by atoms with Crippen LogP contribution in [0.3, 0.4) is 0 Å². The number of carboxylic acid groups (broad SMARTS) is 1. The van der Waals surface area contributed by atoms with Crippen molar-refractivity contribution in [1.29, 1.82) is 0 Å². The molecule has 6 N–H and O–H groups in total. The molecule has 0 spiro atoms. The van der Waals surface area contributed by atoms with Crippen LogP contribution in [0.1, 0.15) is 80.8 Å². The average Bonchev–Trinajstić information content (AvgIpc) is 3.77. The monoisotopic (exact) mass is 841 g/mol. The van der Waals surface area contributed by atoms with Gasteiger partial charge in [-0.1, -0.05) is 41.9 Å². The van der Waals surface area contributed by atoms with E-state index in [9.17, 15) is 29.1 Å². The third-order valence-electron chi connectivity index (χ3n) is 11.0. The number of aromatic nitrogens is 4. The van der Waals surface area contributed by atoms with Gasteiger partial charge in [-0.25, -0.2) is 9.59 Å². The van der Waals surface area contributed by atoms with Crippen LogP contribution in [-0.4, -0.2) is 97.9 Å². The summed E-state index contributed by atoms with van der Waals surface area (Å²) in [4.78, 5) is 65.6. The second-order valence-electron chi connectivity index (χ2n) is 16.5. The summed E-state index contributed by atoms with van der Waals surface area (Å²) in [7, 11) is 0. The van der Waals surface area contributed by atoms with Crippen LogP contribution in [0.25, 0.3) is 22.5 Å². The summed E-state index contributed by atoms with van der Waals surface area (Å²) >= 11 is 6.86. The Labute approximate surface area is 353 Å². The molecule has 6 rings (SSSR count). The van der Waals surface area contributed by atoms with Crippen LogP contribution < -0.4 is 21.3 Å². The van der Waals surface area contributed by atoms with Crippen molar-refractivity contribution in [2.75, 3.05) is 25.0 Å². The zero-order valence-electron chi connectivity index (χ0n) is 34.2. The Morgan fingerprint density at radius 3 is 2.20 bits per heavy atom. The molecule has 2 heterocycles. The first-order valence-corrected chi connectivity index (χ1v) is 20.6. The molecule has 1 aromatic heterocycles. The fourth-order valence-corrected chi connectivity index (χ4v) is 7.85. The maximum Gasteiger partial charge on any atom is 0.407 e. The Morgan fingerprint density at radius 1 is 0.917 bits per heavy atom. The van der Waals surface area contributed by atoms with Gasteiger partial charge >= 0.3 is 12.2 Å². The van der Waals surface area contributed by atoms with Crippen LogP contribution in [0.15, 0.2) is 60.7 Å². The van der Waals surface area contributed by atoms with Gasteiger partial charge < -0.3 is 36.0 Å². The molecule has 0 radical (unpaired) electrons. The fourth-order valence-electron chi connectivity index (χ4n) is 7.57. The molecule has 1 aliphatic heterocycles. The number of hydrogen-bond donors (Lipinski definition) is 6. The molecule has 16 nitrogen and oxygen atoms in total. The van der Waals surface area contributed by atoms with Crippen LogP contribution in [0, 0.1) is 18.8 Å². The topological polar surface area (TPSA) is 221 Å². The highest BCUT2D eigenvalue weighted by molar-refractivity contribution is 6.34. The summed E-state index contributed by atoms with van der Waals surface area (Å²) < 4.78 is 5.35. The highest BCUT2D eigenvalue weighted by Crippen LogP contribution is 2.33. The van der Waals surface area contributed by atoms with Crippen LogP contribution in [0.2, 0.25) is 5.02 Å². The van der Waals surface area contributed by atoms with Gasteiger partial charge in [-0.05, 0) is 124 Å². The standard InChI is InChI=1S/C43H52ClN9O7/c1-25-33(39(55)46-32-19-21-53(22-20-32)42(58)59)17-18-34(36(25)44)28-9-5-26(6-10-28)23-35(40(56)47-31-15-13-29(14-16-31)37-49-51-52-50-37)48-38(54)30-11-7-27(8-12-30)24-45-41(57)60-43(2,3)4/h5-6,9-10,13-18,27,30,32,35H,7-8,11-12,19-24H2,1-4H3,(H,45,57)(H,46,55)(H,47,56)(H,48,54)(H,58,59)(H,49,50,51,52)/t27?,30?,35-/m0/s1. The second kappa shape index (κ2) is 19.4. The molecular formula is C43H52ClN9O7. The number of carbonyl (C=O) groups excluding carboxylic acids is 4. The van der Waals surface area contributed by atoms with Gasteiger partial charge in [-0.15, -0.1) is 10.2 Å². The van der Waals surface area contributed by atoms with E-state index in [2.05, 4.69) is 41.9 Å². The van der Waals surface area contributed by atoms with Gasteiger partial charge in [0.25, 0.3) is 5.91 Å². The van der Waals surface area contributed by atoms with Gasteiger partial charge in [0.15, 0.2) is 0 Å². The van der Waals surface area contributed by atoms with Gasteiger partial charge in [0, 0.05) is 60.4 Å². The van der Waals surface area contributed by atoms with Gasteiger partial charge in [0.2, 0.25) is 17.6 Å².